The predicted molar refractivity (Wildman–Crippen MR) is 79.5 cm³/mol. The Kier molecular flexibility index (Phi) is 4.35. The molecule has 1 aromatic carbocycles. The molecule has 0 aliphatic rings. The zero-order valence-electron chi connectivity index (χ0n) is 11.1. The first-order valence-corrected chi connectivity index (χ1v) is 7.77. The summed E-state index contributed by atoms with van der Waals surface area (Å²) in [6.45, 7) is 0.0200. The van der Waals surface area contributed by atoms with E-state index >= 15 is 0 Å². The summed E-state index contributed by atoms with van der Waals surface area (Å²) in [6, 6.07) is 5.32. The van der Waals surface area contributed by atoms with E-state index in [-0.39, 0.29) is 22.0 Å². The summed E-state index contributed by atoms with van der Waals surface area (Å²) >= 11 is 4.72. The Morgan fingerprint density at radius 3 is 2.76 bits per heavy atom. The number of nitrogens with one attached hydrogen (secondary N) is 1. The molecule has 21 heavy (non-hydrogen) atoms. The van der Waals surface area contributed by atoms with E-state index in [1.54, 1.807) is 19.3 Å². The van der Waals surface area contributed by atoms with Crippen molar-refractivity contribution in [2.24, 2.45) is 12.8 Å². The molecule has 0 saturated heterocycles. The van der Waals surface area contributed by atoms with Gasteiger partial charge in [0, 0.05) is 13.2 Å². The van der Waals surface area contributed by atoms with E-state index in [0.717, 1.165) is 6.07 Å². The van der Waals surface area contributed by atoms with Crippen LogP contribution in [-0.2, 0) is 23.6 Å². The van der Waals surface area contributed by atoms with Gasteiger partial charge in [-0.15, -0.1) is 0 Å². The lowest BCUT2D eigenvalue weighted by Gasteiger charge is -2.11. The van der Waals surface area contributed by atoms with E-state index in [9.17, 15) is 12.8 Å². The Hall–Kier alpha value is -1.84. The minimum Gasteiger partial charge on any atom is -0.389 e. The molecule has 0 aliphatic heterocycles. The molecule has 0 bridgehead atoms. The van der Waals surface area contributed by atoms with Crippen LogP contribution in [0.1, 0.15) is 11.3 Å². The third-order valence-corrected chi connectivity index (χ3v) is 4.52. The van der Waals surface area contributed by atoms with E-state index in [1.807, 2.05) is 0 Å². The number of aromatic nitrogens is 2. The highest BCUT2D eigenvalue weighted by atomic mass is 32.2. The van der Waals surface area contributed by atoms with Crippen LogP contribution in [0, 0.1) is 5.82 Å². The fraction of sp³-hybridized carbons (Fsp3) is 0.167. The number of halogens is 1. The van der Waals surface area contributed by atoms with Crippen molar-refractivity contribution in [1.82, 2.24) is 14.5 Å². The van der Waals surface area contributed by atoms with Gasteiger partial charge in [-0.2, -0.15) is 5.10 Å². The minimum atomic E-state index is -3.95. The van der Waals surface area contributed by atoms with E-state index in [4.69, 9.17) is 18.0 Å². The molecule has 0 fully saturated rings. The van der Waals surface area contributed by atoms with Crippen molar-refractivity contribution in [2.75, 3.05) is 0 Å². The van der Waals surface area contributed by atoms with Crippen LogP contribution in [0.5, 0.6) is 0 Å². The highest BCUT2D eigenvalue weighted by Gasteiger charge is 2.22. The molecular formula is C12H13FN4O2S2. The van der Waals surface area contributed by atoms with Crippen molar-refractivity contribution >= 4 is 27.2 Å². The van der Waals surface area contributed by atoms with Crippen LogP contribution in [0.15, 0.2) is 35.4 Å². The maximum absolute atomic E-state index is 13.7. The number of thiocarbonyl (C=S) groups is 1. The topological polar surface area (TPSA) is 90.0 Å². The van der Waals surface area contributed by atoms with Gasteiger partial charge in [-0.05, 0) is 18.2 Å². The summed E-state index contributed by atoms with van der Waals surface area (Å²) in [5.74, 6) is -0.772. The summed E-state index contributed by atoms with van der Waals surface area (Å²) in [7, 11) is -2.26. The van der Waals surface area contributed by atoms with Crippen molar-refractivity contribution in [3.8, 4) is 0 Å². The second kappa shape index (κ2) is 5.88. The molecular weight excluding hydrogens is 315 g/mol. The highest BCUT2D eigenvalue weighted by molar-refractivity contribution is 7.89. The molecule has 0 spiro atoms. The molecule has 1 heterocycles. The fourth-order valence-electron chi connectivity index (χ4n) is 1.79. The average Bonchev–Trinajstić information content (AvgIpc) is 2.81. The number of hydrogen-bond acceptors (Lipinski definition) is 4. The summed E-state index contributed by atoms with van der Waals surface area (Å²) in [5.41, 5.74) is 5.78. The molecule has 6 nitrogen and oxygen atoms in total. The Bertz CT molecular complexity index is 786. The van der Waals surface area contributed by atoms with Crippen LogP contribution in [0.3, 0.4) is 0 Å². The second-order valence-electron chi connectivity index (χ2n) is 4.25. The highest BCUT2D eigenvalue weighted by Crippen LogP contribution is 2.19. The van der Waals surface area contributed by atoms with Crippen molar-refractivity contribution in [3.63, 3.8) is 0 Å². The maximum atomic E-state index is 13.7. The number of hydrogen-bond donors (Lipinski definition) is 2. The van der Waals surface area contributed by atoms with Crippen LogP contribution >= 0.6 is 12.2 Å². The number of nitrogens with zero attached hydrogens (tertiary/aromatic N) is 2. The number of nitrogens with two attached hydrogens (primary N) is 1. The molecule has 0 atom stereocenters. The SMILES string of the molecule is Cn1nccc1CNS(=O)(=O)c1cccc(F)c1C(N)=S. The Balaban J connectivity index is 2.34. The van der Waals surface area contributed by atoms with Gasteiger partial charge in [0.15, 0.2) is 0 Å². The van der Waals surface area contributed by atoms with Crippen LogP contribution in [-0.4, -0.2) is 23.2 Å². The average molecular weight is 328 g/mol. The van der Waals surface area contributed by atoms with Crippen LogP contribution in [0.25, 0.3) is 0 Å². The first kappa shape index (κ1) is 15.5. The maximum Gasteiger partial charge on any atom is 0.241 e. The standard InChI is InChI=1S/C12H13FN4O2S2/c1-17-8(5-6-15-17)7-16-21(18,19)10-4-2-3-9(13)11(10)12(14)20/h2-6,16H,7H2,1H3,(H2,14,20). The van der Waals surface area contributed by atoms with E-state index in [1.165, 1.54) is 16.8 Å². The van der Waals surface area contributed by atoms with Crippen LogP contribution in [0.4, 0.5) is 4.39 Å². The monoisotopic (exact) mass is 328 g/mol. The largest absolute Gasteiger partial charge is 0.389 e. The number of benzene rings is 1. The normalized spacial score (nSPS) is 11.5. The molecule has 0 unspecified atom stereocenters. The van der Waals surface area contributed by atoms with Gasteiger partial charge in [0.25, 0.3) is 0 Å². The molecule has 1 aromatic heterocycles. The lowest BCUT2D eigenvalue weighted by molar-refractivity contribution is 0.573. The van der Waals surface area contributed by atoms with Crippen LogP contribution < -0.4 is 10.5 Å². The Morgan fingerprint density at radius 1 is 1.48 bits per heavy atom. The lowest BCUT2D eigenvalue weighted by Crippen LogP contribution is -2.27. The van der Waals surface area contributed by atoms with Gasteiger partial charge in [-0.25, -0.2) is 17.5 Å². The van der Waals surface area contributed by atoms with Gasteiger partial charge in [0.05, 0.1) is 22.7 Å². The van der Waals surface area contributed by atoms with E-state index < -0.39 is 15.8 Å². The first-order valence-electron chi connectivity index (χ1n) is 5.88. The lowest BCUT2D eigenvalue weighted by atomic mass is 10.2. The third kappa shape index (κ3) is 3.26. The molecule has 0 amide bonds. The molecule has 2 aromatic rings. The predicted octanol–water partition coefficient (Wildman–Crippen LogP) is 0.672. The summed E-state index contributed by atoms with van der Waals surface area (Å²) in [5, 5.41) is 3.93. The molecule has 0 radical (unpaired) electrons. The molecule has 0 aliphatic carbocycles. The number of aryl methyl sites for hydroxylation is 1. The summed E-state index contributed by atoms with van der Waals surface area (Å²) < 4.78 is 42.2. The second-order valence-corrected chi connectivity index (χ2v) is 6.42. The molecule has 2 rings (SSSR count). The summed E-state index contributed by atoms with van der Waals surface area (Å²) in [4.78, 5) is -0.592. The van der Waals surface area contributed by atoms with Gasteiger partial charge in [0.1, 0.15) is 10.8 Å². The van der Waals surface area contributed by atoms with E-state index in [0.29, 0.717) is 5.69 Å². The Labute approximate surface area is 126 Å². The minimum absolute atomic E-state index is 0.0200. The zero-order chi connectivity index (χ0) is 15.6. The van der Waals surface area contributed by atoms with E-state index in [2.05, 4.69) is 9.82 Å². The van der Waals surface area contributed by atoms with Gasteiger partial charge >= 0.3 is 0 Å². The Morgan fingerprint density at radius 2 is 2.19 bits per heavy atom. The smallest absolute Gasteiger partial charge is 0.241 e. The molecule has 0 saturated carbocycles. The fourth-order valence-corrected chi connectivity index (χ4v) is 3.29. The number of sulfonamides is 1. The molecule has 9 heteroatoms. The molecule has 3 N–H and O–H groups in total. The summed E-state index contributed by atoms with van der Waals surface area (Å²) in [6.07, 6.45) is 1.55. The first-order chi connectivity index (χ1) is 9.83. The van der Waals surface area contributed by atoms with Gasteiger partial charge < -0.3 is 5.73 Å². The van der Waals surface area contributed by atoms with Gasteiger partial charge in [-0.3, -0.25) is 4.68 Å². The van der Waals surface area contributed by atoms with Gasteiger partial charge in [0.2, 0.25) is 10.0 Å². The van der Waals surface area contributed by atoms with Gasteiger partial charge in [-0.1, -0.05) is 18.3 Å². The van der Waals surface area contributed by atoms with Crippen molar-refractivity contribution in [3.05, 3.63) is 47.5 Å². The quantitative estimate of drug-likeness (QED) is 0.788. The zero-order valence-corrected chi connectivity index (χ0v) is 12.7. The molecule has 112 valence electrons. The van der Waals surface area contributed by atoms with Crippen molar-refractivity contribution in [1.29, 1.82) is 0 Å². The van der Waals surface area contributed by atoms with Crippen LogP contribution in [0.2, 0.25) is 0 Å². The third-order valence-electron chi connectivity index (χ3n) is 2.88. The number of rotatable bonds is 5. The van der Waals surface area contributed by atoms with Crippen molar-refractivity contribution < 1.29 is 12.8 Å². The van der Waals surface area contributed by atoms with Crippen molar-refractivity contribution in [2.45, 2.75) is 11.4 Å².